The van der Waals surface area contributed by atoms with Crippen LogP contribution in [0.25, 0.3) is 21.6 Å². The normalized spacial score (nSPS) is 15.3. The first-order valence-corrected chi connectivity index (χ1v) is 12.0. The van der Waals surface area contributed by atoms with E-state index in [1.807, 2.05) is 6.92 Å². The van der Waals surface area contributed by atoms with Crippen LogP contribution >= 0.6 is 11.3 Å². The van der Waals surface area contributed by atoms with E-state index in [2.05, 4.69) is 14.9 Å². The summed E-state index contributed by atoms with van der Waals surface area (Å²) in [6.07, 6.45) is 4.41. The fourth-order valence-corrected chi connectivity index (χ4v) is 4.92. The highest BCUT2D eigenvalue weighted by atomic mass is 32.2. The van der Waals surface area contributed by atoms with Crippen LogP contribution in [0, 0.1) is 6.92 Å². The monoisotopic (exact) mass is 449 g/mol. The molecule has 0 atom stereocenters. The summed E-state index contributed by atoms with van der Waals surface area (Å²) >= 11 is 1.53. The molecule has 0 aliphatic carbocycles. The van der Waals surface area contributed by atoms with Crippen LogP contribution < -0.4 is 10.6 Å². The van der Waals surface area contributed by atoms with Gasteiger partial charge in [-0.05, 0) is 12.5 Å². The molecule has 3 aromatic heterocycles. The lowest BCUT2D eigenvalue weighted by molar-refractivity contribution is 0.122. The molecular weight excluding hydrogens is 426 g/mol. The van der Waals surface area contributed by atoms with Crippen molar-refractivity contribution in [2.24, 2.45) is 0 Å². The molecule has 3 aromatic rings. The highest BCUT2D eigenvalue weighted by Gasteiger charge is 2.24. The van der Waals surface area contributed by atoms with Crippen molar-refractivity contribution in [1.82, 2.24) is 24.2 Å². The molecule has 0 unspecified atom stereocenters. The van der Waals surface area contributed by atoms with Crippen LogP contribution in [-0.4, -0.2) is 72.3 Å². The molecule has 10 nitrogen and oxygen atoms in total. The van der Waals surface area contributed by atoms with Crippen molar-refractivity contribution in [1.29, 1.82) is 0 Å². The summed E-state index contributed by atoms with van der Waals surface area (Å²) in [5.41, 5.74) is 8.03. The Balaban J connectivity index is 1.86. The molecule has 1 saturated heterocycles. The van der Waals surface area contributed by atoms with Gasteiger partial charge in [0.1, 0.15) is 0 Å². The van der Waals surface area contributed by atoms with Crippen molar-refractivity contribution in [3.8, 4) is 11.4 Å². The first-order chi connectivity index (χ1) is 14.2. The lowest BCUT2D eigenvalue weighted by atomic mass is 10.2. The topological polar surface area (TPSA) is 127 Å². The molecule has 2 N–H and O–H groups in total. The Labute approximate surface area is 178 Å². The van der Waals surface area contributed by atoms with Crippen molar-refractivity contribution in [2.75, 3.05) is 50.2 Å². The van der Waals surface area contributed by atoms with E-state index in [0.29, 0.717) is 24.6 Å². The van der Waals surface area contributed by atoms with Crippen LogP contribution in [0.5, 0.6) is 0 Å². The van der Waals surface area contributed by atoms with Crippen LogP contribution in [0.2, 0.25) is 0 Å². The third-order valence-electron chi connectivity index (χ3n) is 5.02. The van der Waals surface area contributed by atoms with Gasteiger partial charge >= 0.3 is 0 Å². The molecular formula is C18H23N7O3S2. The number of fused-ring (bicyclic) bond motifs is 1. The molecule has 1 aliphatic rings. The van der Waals surface area contributed by atoms with Gasteiger partial charge in [0.25, 0.3) is 0 Å². The molecule has 0 spiro atoms. The van der Waals surface area contributed by atoms with E-state index in [9.17, 15) is 8.42 Å². The molecule has 160 valence electrons. The van der Waals surface area contributed by atoms with Crippen molar-refractivity contribution in [3.05, 3.63) is 22.8 Å². The van der Waals surface area contributed by atoms with E-state index in [1.165, 1.54) is 21.9 Å². The summed E-state index contributed by atoms with van der Waals surface area (Å²) in [6.45, 7) is 4.94. The van der Waals surface area contributed by atoms with Gasteiger partial charge in [-0.15, -0.1) is 11.3 Å². The Bertz CT molecular complexity index is 1170. The largest absolute Gasteiger partial charge is 0.378 e. The summed E-state index contributed by atoms with van der Waals surface area (Å²) in [5.74, 6) is 1.51. The fraction of sp³-hybridized carbons (Fsp3) is 0.444. The van der Waals surface area contributed by atoms with Gasteiger partial charge in [-0.2, -0.15) is 0 Å². The minimum Gasteiger partial charge on any atom is -0.378 e. The molecule has 1 aliphatic heterocycles. The summed E-state index contributed by atoms with van der Waals surface area (Å²) in [7, 11) is -1.72. The number of anilines is 2. The van der Waals surface area contributed by atoms with Gasteiger partial charge in [0.15, 0.2) is 11.6 Å². The zero-order chi connectivity index (χ0) is 21.5. The number of ether oxygens (including phenoxy) is 1. The van der Waals surface area contributed by atoms with E-state index in [0.717, 1.165) is 39.6 Å². The van der Waals surface area contributed by atoms with E-state index >= 15 is 0 Å². The van der Waals surface area contributed by atoms with E-state index in [4.69, 9.17) is 20.4 Å². The number of nitrogens with two attached hydrogens (primary N) is 1. The van der Waals surface area contributed by atoms with Crippen LogP contribution in [0.4, 0.5) is 11.8 Å². The summed E-state index contributed by atoms with van der Waals surface area (Å²) < 4.78 is 31.6. The molecule has 0 bridgehead atoms. The number of aromatic nitrogens is 4. The van der Waals surface area contributed by atoms with Gasteiger partial charge in [0, 0.05) is 44.0 Å². The molecule has 30 heavy (non-hydrogen) atoms. The minimum absolute atomic E-state index is 0.186. The molecule has 0 radical (unpaired) electrons. The number of nitrogens with zero attached hydrogens (tertiary/aromatic N) is 6. The van der Waals surface area contributed by atoms with Crippen molar-refractivity contribution >= 4 is 43.3 Å². The first-order valence-electron chi connectivity index (χ1n) is 9.36. The number of thiophene rings is 1. The van der Waals surface area contributed by atoms with Crippen molar-refractivity contribution < 1.29 is 13.2 Å². The van der Waals surface area contributed by atoms with Crippen LogP contribution in [-0.2, 0) is 21.3 Å². The summed E-state index contributed by atoms with van der Waals surface area (Å²) in [6, 6.07) is 0. The van der Waals surface area contributed by atoms with E-state index < -0.39 is 10.0 Å². The second-order valence-electron chi connectivity index (χ2n) is 7.15. The molecule has 4 heterocycles. The van der Waals surface area contributed by atoms with Gasteiger partial charge in [0.05, 0.1) is 35.2 Å². The molecule has 0 aromatic carbocycles. The van der Waals surface area contributed by atoms with Crippen LogP contribution in [0.15, 0.2) is 12.4 Å². The highest BCUT2D eigenvalue weighted by molar-refractivity contribution is 7.88. The number of morpholine rings is 1. The maximum absolute atomic E-state index is 11.9. The van der Waals surface area contributed by atoms with Gasteiger partial charge in [-0.1, -0.05) is 0 Å². The Morgan fingerprint density at radius 1 is 1.23 bits per heavy atom. The smallest absolute Gasteiger partial charge is 0.219 e. The lowest BCUT2D eigenvalue weighted by Crippen LogP contribution is -2.36. The third-order valence-corrected chi connectivity index (χ3v) is 7.54. The quantitative estimate of drug-likeness (QED) is 0.612. The number of aryl methyl sites for hydroxylation is 1. The van der Waals surface area contributed by atoms with Crippen molar-refractivity contribution in [3.63, 3.8) is 0 Å². The minimum atomic E-state index is -3.29. The molecule has 0 amide bonds. The van der Waals surface area contributed by atoms with Gasteiger partial charge in [-0.3, -0.25) is 0 Å². The zero-order valence-corrected chi connectivity index (χ0v) is 18.6. The van der Waals surface area contributed by atoms with Crippen molar-refractivity contribution in [2.45, 2.75) is 13.5 Å². The molecule has 0 saturated carbocycles. The predicted molar refractivity (Wildman–Crippen MR) is 117 cm³/mol. The molecule has 4 rings (SSSR count). The van der Waals surface area contributed by atoms with Gasteiger partial charge < -0.3 is 15.4 Å². The maximum Gasteiger partial charge on any atom is 0.219 e. The Morgan fingerprint density at radius 2 is 1.90 bits per heavy atom. The average molecular weight is 450 g/mol. The van der Waals surface area contributed by atoms with E-state index in [1.54, 1.807) is 19.4 Å². The summed E-state index contributed by atoms with van der Waals surface area (Å²) in [5, 5.41) is 0. The highest BCUT2D eigenvalue weighted by Crippen LogP contribution is 2.38. The summed E-state index contributed by atoms with van der Waals surface area (Å²) in [4.78, 5) is 20.8. The maximum atomic E-state index is 11.9. The zero-order valence-electron chi connectivity index (χ0n) is 17.0. The second kappa shape index (κ2) is 8.02. The number of hydrogen-bond donors (Lipinski definition) is 1. The SMILES string of the molecule is Cc1c(CN(C)S(C)(=O)=O)sc2c(N3CCOCC3)nc(-c3cnc(N)nc3)nc12. The lowest BCUT2D eigenvalue weighted by Gasteiger charge is -2.28. The molecule has 12 heteroatoms. The average Bonchev–Trinajstić information content (AvgIpc) is 3.03. The molecule has 1 fully saturated rings. The second-order valence-corrected chi connectivity index (χ2v) is 10.3. The van der Waals surface area contributed by atoms with Gasteiger partial charge in [-0.25, -0.2) is 32.7 Å². The number of nitrogen functional groups attached to an aromatic ring is 1. The van der Waals surface area contributed by atoms with Crippen LogP contribution in [0.3, 0.4) is 0 Å². The first kappa shape index (κ1) is 20.8. The standard InChI is InChI=1S/C18H23N7O3S2/c1-11-13(10-24(2)30(3,26)27)29-15-14(11)22-16(12-8-20-18(19)21-9-12)23-17(15)25-4-6-28-7-5-25/h8-9H,4-7,10H2,1-3H3,(H2,19,20,21). The fourth-order valence-electron chi connectivity index (χ4n) is 3.16. The number of hydrogen-bond acceptors (Lipinski definition) is 10. The Hall–Kier alpha value is -2.41. The third kappa shape index (κ3) is 4.08. The Morgan fingerprint density at radius 3 is 2.53 bits per heavy atom. The van der Waals surface area contributed by atoms with Crippen LogP contribution in [0.1, 0.15) is 10.4 Å². The van der Waals surface area contributed by atoms with Gasteiger partial charge in [0.2, 0.25) is 16.0 Å². The number of rotatable bonds is 5. The Kier molecular flexibility index (Phi) is 5.57. The predicted octanol–water partition coefficient (Wildman–Crippen LogP) is 1.27. The van der Waals surface area contributed by atoms with E-state index in [-0.39, 0.29) is 12.5 Å². The number of sulfonamides is 1.